The monoisotopic (exact) mass is 411 g/mol. The largest absolute Gasteiger partial charge is 0.469 e. The maximum Gasteiger partial charge on any atom is 0.305 e. The van der Waals surface area contributed by atoms with E-state index in [1.54, 1.807) is 12.1 Å². The second-order valence-electron chi connectivity index (χ2n) is 6.38. The van der Waals surface area contributed by atoms with E-state index in [0.717, 1.165) is 25.8 Å². The SMILES string of the molecule is COC(=O)CCCCCNC(=S)N1CCN(C(=O)c2ccccc2Cl)CC1. The van der Waals surface area contributed by atoms with Crippen LogP contribution in [0.25, 0.3) is 0 Å². The van der Waals surface area contributed by atoms with Crippen LogP contribution >= 0.6 is 23.8 Å². The highest BCUT2D eigenvalue weighted by Gasteiger charge is 2.24. The molecule has 1 aromatic carbocycles. The number of benzene rings is 1. The number of ether oxygens (including phenoxy) is 1. The normalized spacial score (nSPS) is 14.0. The molecule has 148 valence electrons. The molecule has 0 unspecified atom stereocenters. The predicted molar refractivity (Wildman–Crippen MR) is 110 cm³/mol. The Morgan fingerprint density at radius 2 is 1.78 bits per heavy atom. The van der Waals surface area contributed by atoms with E-state index >= 15 is 0 Å². The highest BCUT2D eigenvalue weighted by Crippen LogP contribution is 2.18. The zero-order valence-electron chi connectivity index (χ0n) is 15.6. The van der Waals surface area contributed by atoms with Gasteiger partial charge in [0.2, 0.25) is 0 Å². The van der Waals surface area contributed by atoms with Crippen molar-refractivity contribution in [1.82, 2.24) is 15.1 Å². The zero-order valence-corrected chi connectivity index (χ0v) is 17.2. The minimum atomic E-state index is -0.164. The summed E-state index contributed by atoms with van der Waals surface area (Å²) < 4.78 is 4.62. The summed E-state index contributed by atoms with van der Waals surface area (Å²) in [6.07, 6.45) is 3.18. The number of nitrogens with zero attached hydrogens (tertiary/aromatic N) is 2. The summed E-state index contributed by atoms with van der Waals surface area (Å²) in [7, 11) is 1.41. The highest BCUT2D eigenvalue weighted by atomic mass is 35.5. The number of piperazine rings is 1. The Bertz CT molecular complexity index is 663. The smallest absolute Gasteiger partial charge is 0.305 e. The van der Waals surface area contributed by atoms with Gasteiger partial charge in [0.1, 0.15) is 0 Å². The Kier molecular flexibility index (Phi) is 8.81. The molecule has 0 bridgehead atoms. The van der Waals surface area contributed by atoms with Crippen molar-refractivity contribution in [2.45, 2.75) is 25.7 Å². The summed E-state index contributed by atoms with van der Waals surface area (Å²) in [5, 5.41) is 4.45. The van der Waals surface area contributed by atoms with E-state index in [-0.39, 0.29) is 11.9 Å². The average Bonchev–Trinajstić information content (AvgIpc) is 2.70. The fraction of sp³-hybridized carbons (Fsp3) is 0.526. The molecule has 1 N–H and O–H groups in total. The van der Waals surface area contributed by atoms with E-state index in [9.17, 15) is 9.59 Å². The van der Waals surface area contributed by atoms with Crippen LogP contribution in [-0.2, 0) is 9.53 Å². The number of carbonyl (C=O) groups is 2. The summed E-state index contributed by atoms with van der Waals surface area (Å²) in [6, 6.07) is 7.12. The van der Waals surface area contributed by atoms with Gasteiger partial charge in [-0.2, -0.15) is 0 Å². The molecule has 27 heavy (non-hydrogen) atoms. The number of methoxy groups -OCH3 is 1. The number of hydrogen-bond acceptors (Lipinski definition) is 4. The number of rotatable bonds is 7. The summed E-state index contributed by atoms with van der Waals surface area (Å²) >= 11 is 11.6. The van der Waals surface area contributed by atoms with Crippen LogP contribution in [0.15, 0.2) is 24.3 Å². The van der Waals surface area contributed by atoms with Crippen LogP contribution in [0.5, 0.6) is 0 Å². The van der Waals surface area contributed by atoms with Crippen molar-refractivity contribution < 1.29 is 14.3 Å². The van der Waals surface area contributed by atoms with Gasteiger partial charge in [0.25, 0.3) is 5.91 Å². The van der Waals surface area contributed by atoms with Gasteiger partial charge in [-0.05, 0) is 37.2 Å². The van der Waals surface area contributed by atoms with Gasteiger partial charge in [-0.3, -0.25) is 9.59 Å². The van der Waals surface area contributed by atoms with Gasteiger partial charge >= 0.3 is 5.97 Å². The zero-order chi connectivity index (χ0) is 19.6. The minimum Gasteiger partial charge on any atom is -0.469 e. The second-order valence-corrected chi connectivity index (χ2v) is 7.17. The summed E-state index contributed by atoms with van der Waals surface area (Å²) in [5.41, 5.74) is 0.542. The van der Waals surface area contributed by atoms with Gasteiger partial charge in [0, 0.05) is 39.1 Å². The third-order valence-electron chi connectivity index (χ3n) is 4.52. The first-order chi connectivity index (χ1) is 13.0. The lowest BCUT2D eigenvalue weighted by Crippen LogP contribution is -2.53. The van der Waals surface area contributed by atoms with Crippen molar-refractivity contribution in [3.8, 4) is 0 Å². The molecular weight excluding hydrogens is 386 g/mol. The molecule has 0 aliphatic carbocycles. The Morgan fingerprint density at radius 1 is 1.11 bits per heavy atom. The molecule has 2 rings (SSSR count). The van der Waals surface area contributed by atoms with E-state index in [4.69, 9.17) is 23.8 Å². The van der Waals surface area contributed by atoms with Crippen molar-refractivity contribution in [1.29, 1.82) is 0 Å². The molecule has 1 amide bonds. The molecule has 0 spiro atoms. The molecule has 0 saturated carbocycles. The first-order valence-corrected chi connectivity index (χ1v) is 9.95. The van der Waals surface area contributed by atoms with Crippen LogP contribution in [0.4, 0.5) is 0 Å². The number of amides is 1. The fourth-order valence-electron chi connectivity index (χ4n) is 2.90. The van der Waals surface area contributed by atoms with Gasteiger partial charge < -0.3 is 19.9 Å². The molecule has 6 nitrogen and oxygen atoms in total. The summed E-state index contributed by atoms with van der Waals surface area (Å²) in [6.45, 7) is 3.41. The van der Waals surface area contributed by atoms with Gasteiger partial charge in [0.15, 0.2) is 5.11 Å². The maximum absolute atomic E-state index is 12.6. The van der Waals surface area contributed by atoms with E-state index in [2.05, 4.69) is 15.0 Å². The van der Waals surface area contributed by atoms with Gasteiger partial charge in [-0.25, -0.2) is 0 Å². The van der Waals surface area contributed by atoms with Crippen LogP contribution in [0.1, 0.15) is 36.0 Å². The first kappa shape index (κ1) is 21.4. The molecule has 1 aromatic rings. The Hall–Kier alpha value is -1.86. The highest BCUT2D eigenvalue weighted by molar-refractivity contribution is 7.80. The number of halogens is 1. The Labute approximate surface area is 170 Å². The number of nitrogens with one attached hydrogen (secondary N) is 1. The van der Waals surface area contributed by atoms with Crippen LogP contribution in [-0.4, -0.2) is 66.6 Å². The van der Waals surface area contributed by atoms with E-state index in [1.165, 1.54) is 7.11 Å². The topological polar surface area (TPSA) is 61.9 Å². The molecule has 1 aliphatic rings. The second kappa shape index (κ2) is 11.1. The summed E-state index contributed by atoms with van der Waals surface area (Å²) in [5.74, 6) is -0.201. The third kappa shape index (κ3) is 6.66. The van der Waals surface area contributed by atoms with Crippen molar-refractivity contribution in [2.75, 3.05) is 39.8 Å². The Balaban J connectivity index is 1.66. The van der Waals surface area contributed by atoms with Crippen LogP contribution in [0, 0.1) is 0 Å². The molecule has 1 saturated heterocycles. The third-order valence-corrected chi connectivity index (χ3v) is 5.25. The van der Waals surface area contributed by atoms with Crippen LogP contribution in [0.3, 0.4) is 0 Å². The van der Waals surface area contributed by atoms with Crippen LogP contribution in [0.2, 0.25) is 5.02 Å². The van der Waals surface area contributed by atoms with E-state index < -0.39 is 0 Å². The lowest BCUT2D eigenvalue weighted by atomic mass is 10.2. The lowest BCUT2D eigenvalue weighted by Gasteiger charge is -2.36. The van der Waals surface area contributed by atoms with Crippen molar-refractivity contribution in [2.24, 2.45) is 0 Å². The first-order valence-electron chi connectivity index (χ1n) is 9.16. The standard InChI is InChI=1S/C19H26ClN3O3S/c1-26-17(24)9-3-2-6-10-21-19(27)23-13-11-22(12-14-23)18(25)15-7-4-5-8-16(15)20/h4-5,7-8H,2-3,6,9-14H2,1H3,(H,21,27). The number of hydrogen-bond donors (Lipinski definition) is 1. The van der Waals surface area contributed by atoms with Gasteiger partial charge in [-0.15, -0.1) is 0 Å². The molecular formula is C19H26ClN3O3S. The number of unbranched alkanes of at least 4 members (excludes halogenated alkanes) is 2. The lowest BCUT2D eigenvalue weighted by molar-refractivity contribution is -0.140. The summed E-state index contributed by atoms with van der Waals surface area (Å²) in [4.78, 5) is 27.5. The average molecular weight is 412 g/mol. The molecule has 1 fully saturated rings. The molecule has 1 heterocycles. The minimum absolute atomic E-state index is 0.0373. The van der Waals surface area contributed by atoms with Gasteiger partial charge in [-0.1, -0.05) is 30.2 Å². The van der Waals surface area contributed by atoms with E-state index in [0.29, 0.717) is 48.3 Å². The Morgan fingerprint density at radius 3 is 2.44 bits per heavy atom. The quantitative estimate of drug-likeness (QED) is 0.423. The van der Waals surface area contributed by atoms with Gasteiger partial charge in [0.05, 0.1) is 17.7 Å². The fourth-order valence-corrected chi connectivity index (χ4v) is 3.40. The predicted octanol–water partition coefficient (Wildman–Crippen LogP) is 2.71. The molecule has 0 atom stereocenters. The van der Waals surface area contributed by atoms with Crippen molar-refractivity contribution in [3.63, 3.8) is 0 Å². The van der Waals surface area contributed by atoms with Crippen molar-refractivity contribution in [3.05, 3.63) is 34.9 Å². The maximum atomic E-state index is 12.6. The van der Waals surface area contributed by atoms with E-state index in [1.807, 2.05) is 17.0 Å². The van der Waals surface area contributed by atoms with Crippen molar-refractivity contribution >= 4 is 40.8 Å². The number of esters is 1. The van der Waals surface area contributed by atoms with Crippen LogP contribution < -0.4 is 5.32 Å². The number of thiocarbonyl (C=S) groups is 1. The molecule has 0 radical (unpaired) electrons. The number of carbonyl (C=O) groups excluding carboxylic acids is 2. The molecule has 1 aliphatic heterocycles. The molecule has 8 heteroatoms. The molecule has 0 aromatic heterocycles.